The SMILES string of the molecule is CCN(CC)NC(=O)c1cc(Cl)c(Br)cc1OC. The van der Waals surface area contributed by atoms with E-state index in [0.717, 1.165) is 13.1 Å². The van der Waals surface area contributed by atoms with Crippen LogP contribution in [0.15, 0.2) is 16.6 Å². The second-order valence-electron chi connectivity index (χ2n) is 3.58. The number of halogens is 2. The van der Waals surface area contributed by atoms with Crippen LogP contribution in [0.5, 0.6) is 5.75 Å². The summed E-state index contributed by atoms with van der Waals surface area (Å²) in [5.74, 6) is 0.251. The topological polar surface area (TPSA) is 41.6 Å². The third kappa shape index (κ3) is 3.60. The number of carbonyl (C=O) groups excluding carboxylic acids is 1. The maximum Gasteiger partial charge on any atom is 0.269 e. The molecule has 1 amide bonds. The Morgan fingerprint density at radius 2 is 2.06 bits per heavy atom. The van der Waals surface area contributed by atoms with Crippen LogP contribution >= 0.6 is 27.5 Å². The van der Waals surface area contributed by atoms with Gasteiger partial charge in [-0.3, -0.25) is 10.2 Å². The predicted molar refractivity (Wildman–Crippen MR) is 76.1 cm³/mol. The molecule has 0 spiro atoms. The Labute approximate surface area is 120 Å². The molecule has 0 aliphatic carbocycles. The number of rotatable bonds is 5. The van der Waals surface area contributed by atoms with Crippen LogP contribution in [0.2, 0.25) is 5.02 Å². The number of ether oxygens (including phenoxy) is 1. The lowest BCUT2D eigenvalue weighted by Crippen LogP contribution is -2.41. The normalized spacial score (nSPS) is 10.6. The third-order valence-electron chi connectivity index (χ3n) is 2.51. The lowest BCUT2D eigenvalue weighted by atomic mass is 10.2. The van der Waals surface area contributed by atoms with Gasteiger partial charge < -0.3 is 4.74 Å². The van der Waals surface area contributed by atoms with Gasteiger partial charge in [0.05, 0.1) is 17.7 Å². The van der Waals surface area contributed by atoms with Crippen molar-refractivity contribution in [3.8, 4) is 5.75 Å². The van der Waals surface area contributed by atoms with Gasteiger partial charge in [-0.25, -0.2) is 5.01 Å². The molecule has 4 nitrogen and oxygen atoms in total. The molecule has 100 valence electrons. The number of amides is 1. The van der Waals surface area contributed by atoms with E-state index in [4.69, 9.17) is 16.3 Å². The number of hydrogen-bond donors (Lipinski definition) is 1. The van der Waals surface area contributed by atoms with Crippen molar-refractivity contribution >= 4 is 33.4 Å². The number of hydrogen-bond acceptors (Lipinski definition) is 3. The largest absolute Gasteiger partial charge is 0.496 e. The molecule has 0 radical (unpaired) electrons. The molecule has 0 atom stereocenters. The van der Waals surface area contributed by atoms with E-state index >= 15 is 0 Å². The van der Waals surface area contributed by atoms with Gasteiger partial charge in [-0.1, -0.05) is 25.4 Å². The fourth-order valence-electron chi connectivity index (χ4n) is 1.46. The van der Waals surface area contributed by atoms with Gasteiger partial charge in [-0.05, 0) is 28.1 Å². The van der Waals surface area contributed by atoms with E-state index in [1.54, 1.807) is 17.1 Å². The number of benzene rings is 1. The van der Waals surface area contributed by atoms with Gasteiger partial charge in [0, 0.05) is 17.6 Å². The number of methoxy groups -OCH3 is 1. The van der Waals surface area contributed by atoms with E-state index in [-0.39, 0.29) is 5.91 Å². The molecule has 0 fully saturated rings. The summed E-state index contributed by atoms with van der Waals surface area (Å²) >= 11 is 9.29. The van der Waals surface area contributed by atoms with E-state index in [1.165, 1.54) is 7.11 Å². The minimum absolute atomic E-state index is 0.232. The molecule has 0 saturated carbocycles. The smallest absolute Gasteiger partial charge is 0.269 e. The van der Waals surface area contributed by atoms with Crippen molar-refractivity contribution in [1.29, 1.82) is 0 Å². The lowest BCUT2D eigenvalue weighted by molar-refractivity contribution is 0.0802. The summed E-state index contributed by atoms with van der Waals surface area (Å²) in [6.07, 6.45) is 0. The lowest BCUT2D eigenvalue weighted by Gasteiger charge is -2.20. The summed E-state index contributed by atoms with van der Waals surface area (Å²) in [6.45, 7) is 5.40. The second kappa shape index (κ2) is 6.97. The molecule has 1 N–H and O–H groups in total. The first-order valence-corrected chi connectivity index (χ1v) is 6.79. The van der Waals surface area contributed by atoms with E-state index in [1.807, 2.05) is 13.8 Å². The van der Waals surface area contributed by atoms with Crippen molar-refractivity contribution in [1.82, 2.24) is 10.4 Å². The molecule has 0 saturated heterocycles. The first-order valence-electron chi connectivity index (χ1n) is 5.62. The molecule has 6 heteroatoms. The van der Waals surface area contributed by atoms with Gasteiger partial charge >= 0.3 is 0 Å². The van der Waals surface area contributed by atoms with Crippen LogP contribution < -0.4 is 10.2 Å². The molecule has 18 heavy (non-hydrogen) atoms. The molecule has 0 heterocycles. The van der Waals surface area contributed by atoms with Crippen molar-refractivity contribution in [3.05, 3.63) is 27.2 Å². The van der Waals surface area contributed by atoms with Crippen LogP contribution in [0.1, 0.15) is 24.2 Å². The highest BCUT2D eigenvalue weighted by Gasteiger charge is 2.16. The summed E-state index contributed by atoms with van der Waals surface area (Å²) in [6, 6.07) is 3.27. The Kier molecular flexibility index (Phi) is 5.91. The standard InChI is InChI=1S/C12H16BrClN2O2/c1-4-16(5-2)15-12(17)8-6-10(14)9(13)7-11(8)18-3/h6-7H,4-5H2,1-3H3,(H,15,17). The fourth-order valence-corrected chi connectivity index (χ4v) is 1.95. The maximum atomic E-state index is 12.1. The average Bonchev–Trinajstić information content (AvgIpc) is 2.38. The molecule has 0 bridgehead atoms. The first kappa shape index (κ1) is 15.3. The third-order valence-corrected chi connectivity index (χ3v) is 3.71. The zero-order valence-corrected chi connectivity index (χ0v) is 12.9. The Balaban J connectivity index is 3.01. The van der Waals surface area contributed by atoms with E-state index in [2.05, 4.69) is 21.4 Å². The van der Waals surface area contributed by atoms with Crippen LogP contribution in [0, 0.1) is 0 Å². The highest BCUT2D eigenvalue weighted by Crippen LogP contribution is 2.30. The Hall–Kier alpha value is -0.780. The number of nitrogens with zero attached hydrogens (tertiary/aromatic N) is 1. The van der Waals surface area contributed by atoms with Crippen molar-refractivity contribution < 1.29 is 9.53 Å². The van der Waals surface area contributed by atoms with Gasteiger partial charge in [0.15, 0.2) is 0 Å². The monoisotopic (exact) mass is 334 g/mol. The van der Waals surface area contributed by atoms with Crippen molar-refractivity contribution in [2.75, 3.05) is 20.2 Å². The quantitative estimate of drug-likeness (QED) is 0.841. The fraction of sp³-hybridized carbons (Fsp3) is 0.417. The minimum atomic E-state index is -0.232. The predicted octanol–water partition coefficient (Wildman–Crippen LogP) is 3.10. The number of nitrogens with one attached hydrogen (secondary N) is 1. The maximum absolute atomic E-state index is 12.1. The number of hydrazine groups is 1. The second-order valence-corrected chi connectivity index (χ2v) is 4.84. The Morgan fingerprint density at radius 1 is 1.44 bits per heavy atom. The first-order chi connectivity index (χ1) is 8.53. The zero-order valence-electron chi connectivity index (χ0n) is 10.6. The van der Waals surface area contributed by atoms with Gasteiger partial charge in [-0.15, -0.1) is 0 Å². The van der Waals surface area contributed by atoms with Gasteiger partial charge in [0.1, 0.15) is 5.75 Å². The summed E-state index contributed by atoms with van der Waals surface area (Å²) in [4.78, 5) is 12.1. The molecule has 0 unspecified atom stereocenters. The van der Waals surface area contributed by atoms with Crippen LogP contribution in [0.3, 0.4) is 0 Å². The summed E-state index contributed by atoms with van der Waals surface area (Å²) in [5.41, 5.74) is 3.21. The highest BCUT2D eigenvalue weighted by molar-refractivity contribution is 9.10. The van der Waals surface area contributed by atoms with Crippen LogP contribution in [0.25, 0.3) is 0 Å². The minimum Gasteiger partial charge on any atom is -0.496 e. The van der Waals surface area contributed by atoms with Crippen LogP contribution in [-0.2, 0) is 0 Å². The van der Waals surface area contributed by atoms with E-state index in [0.29, 0.717) is 20.8 Å². The summed E-state index contributed by atoms with van der Waals surface area (Å²) in [5, 5.41) is 2.28. The molecular formula is C12H16BrClN2O2. The average molecular weight is 336 g/mol. The summed E-state index contributed by atoms with van der Waals surface area (Å²) in [7, 11) is 1.52. The molecule has 0 aliphatic rings. The zero-order chi connectivity index (χ0) is 13.7. The molecule has 1 aromatic rings. The van der Waals surface area contributed by atoms with Crippen molar-refractivity contribution in [2.24, 2.45) is 0 Å². The van der Waals surface area contributed by atoms with E-state index < -0.39 is 0 Å². The van der Waals surface area contributed by atoms with Gasteiger partial charge in [0.2, 0.25) is 0 Å². The molecule has 1 aromatic carbocycles. The van der Waals surface area contributed by atoms with Crippen molar-refractivity contribution in [2.45, 2.75) is 13.8 Å². The van der Waals surface area contributed by atoms with Crippen LogP contribution in [0.4, 0.5) is 0 Å². The number of carbonyl (C=O) groups is 1. The van der Waals surface area contributed by atoms with Gasteiger partial charge in [-0.2, -0.15) is 0 Å². The van der Waals surface area contributed by atoms with Crippen LogP contribution in [-0.4, -0.2) is 31.1 Å². The van der Waals surface area contributed by atoms with Gasteiger partial charge in [0.25, 0.3) is 5.91 Å². The Morgan fingerprint density at radius 3 is 2.56 bits per heavy atom. The molecular weight excluding hydrogens is 320 g/mol. The summed E-state index contributed by atoms with van der Waals surface area (Å²) < 4.78 is 5.88. The van der Waals surface area contributed by atoms with Crippen molar-refractivity contribution in [3.63, 3.8) is 0 Å². The molecule has 0 aromatic heterocycles. The molecule has 1 rings (SSSR count). The Bertz CT molecular complexity index is 436. The highest BCUT2D eigenvalue weighted by atomic mass is 79.9. The van der Waals surface area contributed by atoms with E-state index in [9.17, 15) is 4.79 Å². The molecule has 0 aliphatic heterocycles.